The molecule has 0 unspecified atom stereocenters. The van der Waals surface area contributed by atoms with E-state index in [2.05, 4.69) is 5.32 Å². The lowest BCUT2D eigenvalue weighted by Gasteiger charge is -2.32. The van der Waals surface area contributed by atoms with E-state index in [0.29, 0.717) is 5.69 Å². The molecule has 1 atom stereocenters. The van der Waals surface area contributed by atoms with E-state index in [4.69, 9.17) is 0 Å². The first-order chi connectivity index (χ1) is 15.5. The maximum atomic E-state index is 13.7. The largest absolute Gasteiger partial charge is 0.351 e. The number of anilines is 1. The molecule has 1 aromatic heterocycles. The van der Waals surface area contributed by atoms with Crippen LogP contribution in [0.25, 0.3) is 0 Å². The van der Waals surface area contributed by atoms with Crippen LogP contribution in [0.2, 0.25) is 0 Å². The minimum atomic E-state index is -0.839. The standard InChI is InChI=1S/C26H27FN2O2S/c1-18-8-10-19(11-9-18)25(26(31)28-21-5-2-3-6-21)29(22-14-12-20(27)13-15-22)24(30)17-23-7-4-16-32-23/h4,7-16,21,25H,2-3,5-6,17H2,1H3,(H,28,31)/t25-/m1/s1. The van der Waals surface area contributed by atoms with Crippen LogP contribution in [0, 0.1) is 12.7 Å². The van der Waals surface area contributed by atoms with Crippen molar-refractivity contribution in [2.24, 2.45) is 0 Å². The van der Waals surface area contributed by atoms with Crippen molar-refractivity contribution in [3.63, 3.8) is 0 Å². The third kappa shape index (κ3) is 5.25. The van der Waals surface area contributed by atoms with Gasteiger partial charge in [0.2, 0.25) is 11.8 Å². The number of nitrogens with one attached hydrogen (secondary N) is 1. The highest BCUT2D eigenvalue weighted by Crippen LogP contribution is 2.31. The second kappa shape index (κ2) is 10.1. The van der Waals surface area contributed by atoms with Gasteiger partial charge in [0, 0.05) is 16.6 Å². The first-order valence-corrected chi connectivity index (χ1v) is 11.9. The van der Waals surface area contributed by atoms with Gasteiger partial charge in [0.25, 0.3) is 0 Å². The number of aryl methyl sites for hydroxylation is 1. The fourth-order valence-corrected chi connectivity index (χ4v) is 4.90. The second-order valence-corrected chi connectivity index (χ2v) is 9.33. The molecule has 2 amide bonds. The van der Waals surface area contributed by atoms with Gasteiger partial charge in [-0.05, 0) is 61.0 Å². The van der Waals surface area contributed by atoms with Crippen molar-refractivity contribution in [3.8, 4) is 0 Å². The molecule has 1 heterocycles. The van der Waals surface area contributed by atoms with E-state index in [-0.39, 0.29) is 30.1 Å². The molecule has 1 aliphatic carbocycles. The number of carbonyl (C=O) groups is 2. The summed E-state index contributed by atoms with van der Waals surface area (Å²) in [7, 11) is 0. The van der Waals surface area contributed by atoms with Crippen molar-refractivity contribution in [1.82, 2.24) is 5.32 Å². The molecule has 3 aromatic rings. The van der Waals surface area contributed by atoms with Crippen molar-refractivity contribution in [2.75, 3.05) is 4.90 Å². The van der Waals surface area contributed by atoms with Crippen LogP contribution >= 0.6 is 11.3 Å². The van der Waals surface area contributed by atoms with E-state index in [1.807, 2.05) is 48.7 Å². The van der Waals surface area contributed by atoms with Crippen LogP contribution in [0.5, 0.6) is 0 Å². The monoisotopic (exact) mass is 450 g/mol. The Balaban J connectivity index is 1.74. The van der Waals surface area contributed by atoms with Gasteiger partial charge in [-0.3, -0.25) is 14.5 Å². The minimum absolute atomic E-state index is 0.123. The Morgan fingerprint density at radius 1 is 1.06 bits per heavy atom. The van der Waals surface area contributed by atoms with Crippen LogP contribution in [0.1, 0.15) is 47.7 Å². The number of halogens is 1. The summed E-state index contributed by atoms with van der Waals surface area (Å²) >= 11 is 1.50. The molecular weight excluding hydrogens is 423 g/mol. The number of hydrogen-bond acceptors (Lipinski definition) is 3. The molecule has 0 bridgehead atoms. The van der Waals surface area contributed by atoms with Gasteiger partial charge in [-0.25, -0.2) is 4.39 Å². The highest BCUT2D eigenvalue weighted by Gasteiger charge is 2.34. The van der Waals surface area contributed by atoms with Crippen LogP contribution in [0.4, 0.5) is 10.1 Å². The molecule has 4 rings (SSSR count). The van der Waals surface area contributed by atoms with Crippen LogP contribution in [-0.2, 0) is 16.0 Å². The average Bonchev–Trinajstić information content (AvgIpc) is 3.48. The highest BCUT2D eigenvalue weighted by atomic mass is 32.1. The van der Waals surface area contributed by atoms with E-state index in [9.17, 15) is 14.0 Å². The third-order valence-electron chi connectivity index (χ3n) is 5.88. The summed E-state index contributed by atoms with van der Waals surface area (Å²) in [6, 6.07) is 16.5. The van der Waals surface area contributed by atoms with E-state index in [1.54, 1.807) is 12.1 Å². The predicted molar refractivity (Wildman–Crippen MR) is 126 cm³/mol. The van der Waals surface area contributed by atoms with Gasteiger partial charge in [-0.15, -0.1) is 11.3 Å². The molecule has 1 N–H and O–H groups in total. The Morgan fingerprint density at radius 3 is 2.38 bits per heavy atom. The Hall–Kier alpha value is -2.99. The number of hydrogen-bond donors (Lipinski definition) is 1. The van der Waals surface area contributed by atoms with E-state index in [0.717, 1.165) is 41.7 Å². The molecule has 2 aromatic carbocycles. The Labute approximate surface area is 192 Å². The lowest BCUT2D eigenvalue weighted by Crippen LogP contribution is -2.46. The van der Waals surface area contributed by atoms with Gasteiger partial charge < -0.3 is 5.32 Å². The minimum Gasteiger partial charge on any atom is -0.351 e. The molecule has 32 heavy (non-hydrogen) atoms. The van der Waals surface area contributed by atoms with Crippen molar-refractivity contribution < 1.29 is 14.0 Å². The summed E-state index contributed by atoms with van der Waals surface area (Å²) in [6.07, 6.45) is 4.27. The predicted octanol–water partition coefficient (Wildman–Crippen LogP) is 5.57. The normalized spacial score (nSPS) is 14.8. The molecule has 166 valence electrons. The molecule has 0 radical (unpaired) electrons. The molecule has 6 heteroatoms. The number of nitrogens with zero attached hydrogens (tertiary/aromatic N) is 1. The lowest BCUT2D eigenvalue weighted by molar-refractivity contribution is -0.127. The smallest absolute Gasteiger partial charge is 0.248 e. The number of benzene rings is 2. The number of thiophene rings is 1. The molecule has 4 nitrogen and oxygen atoms in total. The van der Waals surface area contributed by atoms with Crippen molar-refractivity contribution in [1.29, 1.82) is 0 Å². The van der Waals surface area contributed by atoms with E-state index >= 15 is 0 Å². The Bertz CT molecular complexity index is 1040. The third-order valence-corrected chi connectivity index (χ3v) is 6.76. The average molecular weight is 451 g/mol. The quantitative estimate of drug-likeness (QED) is 0.511. The number of amides is 2. The van der Waals surface area contributed by atoms with Gasteiger partial charge in [0.15, 0.2) is 0 Å². The molecule has 1 aliphatic rings. The van der Waals surface area contributed by atoms with Gasteiger partial charge in [-0.2, -0.15) is 0 Å². The molecule has 0 aliphatic heterocycles. The number of carbonyl (C=O) groups excluding carboxylic acids is 2. The zero-order valence-corrected chi connectivity index (χ0v) is 18.9. The van der Waals surface area contributed by atoms with E-state index < -0.39 is 6.04 Å². The zero-order chi connectivity index (χ0) is 22.5. The fraction of sp³-hybridized carbons (Fsp3) is 0.308. The molecule has 1 fully saturated rings. The highest BCUT2D eigenvalue weighted by molar-refractivity contribution is 7.10. The van der Waals surface area contributed by atoms with E-state index in [1.165, 1.54) is 28.4 Å². The summed E-state index contributed by atoms with van der Waals surface area (Å²) in [6.45, 7) is 1.98. The summed E-state index contributed by atoms with van der Waals surface area (Å²) in [5.74, 6) is -0.794. The van der Waals surface area contributed by atoms with Crippen LogP contribution in [0.15, 0.2) is 66.0 Å². The SMILES string of the molecule is Cc1ccc([C@H](C(=O)NC2CCCC2)N(C(=O)Cc2cccs2)c2ccc(F)cc2)cc1. The summed E-state index contributed by atoms with van der Waals surface area (Å²) in [5, 5.41) is 5.09. The molecule has 0 saturated heterocycles. The van der Waals surface area contributed by atoms with Crippen molar-refractivity contribution in [3.05, 3.63) is 87.9 Å². The molecule has 1 saturated carbocycles. The van der Waals surface area contributed by atoms with Crippen LogP contribution < -0.4 is 10.2 Å². The summed E-state index contributed by atoms with van der Waals surface area (Å²) < 4.78 is 13.7. The van der Waals surface area contributed by atoms with Gasteiger partial charge in [0.1, 0.15) is 11.9 Å². The van der Waals surface area contributed by atoms with Crippen LogP contribution in [0.3, 0.4) is 0 Å². The topological polar surface area (TPSA) is 49.4 Å². The van der Waals surface area contributed by atoms with Gasteiger partial charge in [-0.1, -0.05) is 48.7 Å². The number of rotatable bonds is 7. The fourth-order valence-electron chi connectivity index (χ4n) is 4.20. The lowest BCUT2D eigenvalue weighted by atomic mass is 10.0. The van der Waals surface area contributed by atoms with Crippen molar-refractivity contribution in [2.45, 2.75) is 51.1 Å². The van der Waals surface area contributed by atoms with Gasteiger partial charge >= 0.3 is 0 Å². The first-order valence-electron chi connectivity index (χ1n) is 11.0. The van der Waals surface area contributed by atoms with Crippen LogP contribution in [-0.4, -0.2) is 17.9 Å². The second-order valence-electron chi connectivity index (χ2n) is 8.30. The Morgan fingerprint density at radius 2 is 1.75 bits per heavy atom. The Kier molecular flexibility index (Phi) is 7.00. The van der Waals surface area contributed by atoms with Crippen molar-refractivity contribution >= 4 is 28.8 Å². The first kappa shape index (κ1) is 22.2. The molecular formula is C26H27FN2O2S. The maximum Gasteiger partial charge on any atom is 0.248 e. The molecule has 0 spiro atoms. The zero-order valence-electron chi connectivity index (χ0n) is 18.1. The summed E-state index contributed by atoms with van der Waals surface area (Å²) in [5.41, 5.74) is 2.30. The summed E-state index contributed by atoms with van der Waals surface area (Å²) in [4.78, 5) is 29.6. The maximum absolute atomic E-state index is 13.7. The van der Waals surface area contributed by atoms with Gasteiger partial charge in [0.05, 0.1) is 6.42 Å².